The fourth-order valence-corrected chi connectivity index (χ4v) is 2.58. The standard InChI is InChI=1S/C8H12O3/c9-6(10)7-2-1-3-8(11,4-7)5-7/h11H,1-5H2,(H,9,10). The molecular formula is C8H12O3. The zero-order valence-corrected chi connectivity index (χ0v) is 6.34. The van der Waals surface area contributed by atoms with Crippen molar-refractivity contribution in [2.45, 2.75) is 37.7 Å². The third-order valence-electron chi connectivity index (χ3n) is 3.09. The van der Waals surface area contributed by atoms with Gasteiger partial charge in [0.2, 0.25) is 0 Å². The first-order valence-corrected chi connectivity index (χ1v) is 4.02. The summed E-state index contributed by atoms with van der Waals surface area (Å²) in [6, 6.07) is 0. The largest absolute Gasteiger partial charge is 0.481 e. The number of aliphatic carboxylic acids is 1. The summed E-state index contributed by atoms with van der Waals surface area (Å²) < 4.78 is 0. The van der Waals surface area contributed by atoms with Gasteiger partial charge in [0, 0.05) is 0 Å². The molecule has 3 aliphatic carbocycles. The smallest absolute Gasteiger partial charge is 0.309 e. The molecule has 0 unspecified atom stereocenters. The van der Waals surface area contributed by atoms with E-state index in [9.17, 15) is 9.90 Å². The lowest BCUT2D eigenvalue weighted by atomic mass is 9.51. The number of carbonyl (C=O) groups is 1. The maximum atomic E-state index is 10.7. The Morgan fingerprint density at radius 3 is 2.27 bits per heavy atom. The topological polar surface area (TPSA) is 57.5 Å². The van der Waals surface area contributed by atoms with Crippen LogP contribution in [0.25, 0.3) is 0 Å². The molecule has 0 saturated heterocycles. The van der Waals surface area contributed by atoms with Crippen molar-refractivity contribution in [3.8, 4) is 0 Å². The minimum absolute atomic E-state index is 0.481. The molecule has 3 fully saturated rings. The van der Waals surface area contributed by atoms with Gasteiger partial charge in [-0.3, -0.25) is 4.79 Å². The second-order valence-electron chi connectivity index (χ2n) is 4.02. The molecular weight excluding hydrogens is 144 g/mol. The van der Waals surface area contributed by atoms with E-state index in [1.165, 1.54) is 0 Å². The van der Waals surface area contributed by atoms with E-state index in [0.717, 1.165) is 19.3 Å². The van der Waals surface area contributed by atoms with Crippen molar-refractivity contribution >= 4 is 5.97 Å². The molecule has 0 radical (unpaired) electrons. The Morgan fingerprint density at radius 1 is 1.27 bits per heavy atom. The molecule has 2 bridgehead atoms. The van der Waals surface area contributed by atoms with Crippen LogP contribution < -0.4 is 0 Å². The van der Waals surface area contributed by atoms with Gasteiger partial charge in [-0.1, -0.05) is 0 Å². The maximum Gasteiger partial charge on any atom is 0.309 e. The predicted octanol–water partition coefficient (Wildman–Crippen LogP) is 0.766. The van der Waals surface area contributed by atoms with Crippen LogP contribution in [0.4, 0.5) is 0 Å². The average molecular weight is 156 g/mol. The highest BCUT2D eigenvalue weighted by Crippen LogP contribution is 2.58. The van der Waals surface area contributed by atoms with Crippen molar-refractivity contribution < 1.29 is 15.0 Å². The molecule has 0 amide bonds. The molecule has 0 aliphatic heterocycles. The van der Waals surface area contributed by atoms with E-state index in [2.05, 4.69) is 0 Å². The highest BCUT2D eigenvalue weighted by atomic mass is 16.4. The Morgan fingerprint density at radius 2 is 1.91 bits per heavy atom. The number of carboxylic acids is 1. The Labute approximate surface area is 65.0 Å². The SMILES string of the molecule is O=C(O)C12CCCC(O)(C1)C2. The van der Waals surface area contributed by atoms with Crippen LogP contribution in [0, 0.1) is 5.41 Å². The summed E-state index contributed by atoms with van der Waals surface area (Å²) in [4.78, 5) is 10.7. The van der Waals surface area contributed by atoms with Crippen LogP contribution in [0.15, 0.2) is 0 Å². The fraction of sp³-hybridized carbons (Fsp3) is 0.875. The number of rotatable bonds is 1. The van der Waals surface area contributed by atoms with Gasteiger partial charge in [0.25, 0.3) is 0 Å². The average Bonchev–Trinajstić information content (AvgIpc) is 1.85. The van der Waals surface area contributed by atoms with Crippen LogP contribution in [-0.4, -0.2) is 21.8 Å². The monoisotopic (exact) mass is 156 g/mol. The van der Waals surface area contributed by atoms with E-state index < -0.39 is 17.0 Å². The molecule has 0 heterocycles. The molecule has 0 aromatic rings. The summed E-state index contributed by atoms with van der Waals surface area (Å²) in [6.45, 7) is 0. The second-order valence-corrected chi connectivity index (χ2v) is 4.02. The first kappa shape index (κ1) is 7.10. The molecule has 3 heteroatoms. The summed E-state index contributed by atoms with van der Waals surface area (Å²) in [5, 5.41) is 18.4. The van der Waals surface area contributed by atoms with Gasteiger partial charge < -0.3 is 10.2 Å². The molecule has 0 atom stereocenters. The van der Waals surface area contributed by atoms with Gasteiger partial charge in [-0.15, -0.1) is 0 Å². The first-order valence-electron chi connectivity index (χ1n) is 4.02. The van der Waals surface area contributed by atoms with Gasteiger partial charge in [-0.25, -0.2) is 0 Å². The van der Waals surface area contributed by atoms with Crippen molar-refractivity contribution in [2.24, 2.45) is 5.41 Å². The highest BCUT2D eigenvalue weighted by molar-refractivity contribution is 5.76. The summed E-state index contributed by atoms with van der Waals surface area (Å²) in [6.07, 6.45) is 3.38. The summed E-state index contributed by atoms with van der Waals surface area (Å²) in [5.74, 6) is -0.720. The lowest BCUT2D eigenvalue weighted by Gasteiger charge is -2.55. The highest BCUT2D eigenvalue weighted by Gasteiger charge is 2.60. The normalized spacial score (nSPS) is 48.1. The van der Waals surface area contributed by atoms with E-state index >= 15 is 0 Å². The van der Waals surface area contributed by atoms with Crippen molar-refractivity contribution in [3.05, 3.63) is 0 Å². The third-order valence-corrected chi connectivity index (χ3v) is 3.09. The molecule has 3 saturated carbocycles. The second kappa shape index (κ2) is 1.78. The molecule has 2 N–H and O–H groups in total. The van der Waals surface area contributed by atoms with Crippen LogP contribution in [0.3, 0.4) is 0 Å². The Bertz CT molecular complexity index is 203. The molecule has 0 spiro atoms. The van der Waals surface area contributed by atoms with Crippen molar-refractivity contribution in [1.29, 1.82) is 0 Å². The Hall–Kier alpha value is -0.570. The minimum atomic E-state index is -0.720. The lowest BCUT2D eigenvalue weighted by Crippen LogP contribution is -2.58. The first-order chi connectivity index (χ1) is 5.06. The molecule has 0 aromatic heterocycles. The minimum Gasteiger partial charge on any atom is -0.481 e. The van der Waals surface area contributed by atoms with E-state index in [-0.39, 0.29) is 0 Å². The molecule has 11 heavy (non-hydrogen) atoms. The molecule has 62 valence electrons. The molecule has 3 rings (SSSR count). The predicted molar refractivity (Wildman–Crippen MR) is 38.1 cm³/mol. The van der Waals surface area contributed by atoms with Crippen molar-refractivity contribution in [1.82, 2.24) is 0 Å². The van der Waals surface area contributed by atoms with Gasteiger partial charge in [0.1, 0.15) is 0 Å². The van der Waals surface area contributed by atoms with Crippen LogP contribution in [0.2, 0.25) is 0 Å². The van der Waals surface area contributed by atoms with Crippen molar-refractivity contribution in [2.75, 3.05) is 0 Å². The van der Waals surface area contributed by atoms with Gasteiger partial charge in [-0.05, 0) is 32.1 Å². The van der Waals surface area contributed by atoms with Gasteiger partial charge in [-0.2, -0.15) is 0 Å². The zero-order valence-electron chi connectivity index (χ0n) is 6.34. The van der Waals surface area contributed by atoms with Crippen LogP contribution >= 0.6 is 0 Å². The number of aliphatic hydroxyl groups is 1. The molecule has 0 aromatic carbocycles. The fourth-order valence-electron chi connectivity index (χ4n) is 2.58. The van der Waals surface area contributed by atoms with Gasteiger partial charge >= 0.3 is 5.97 Å². The summed E-state index contributed by atoms with van der Waals surface area (Å²) in [7, 11) is 0. The summed E-state index contributed by atoms with van der Waals surface area (Å²) in [5.41, 5.74) is -1.16. The van der Waals surface area contributed by atoms with Gasteiger partial charge in [0.05, 0.1) is 11.0 Å². The lowest BCUT2D eigenvalue weighted by molar-refractivity contribution is -0.196. The molecule has 3 aliphatic rings. The Balaban J connectivity index is 2.16. The van der Waals surface area contributed by atoms with Crippen LogP contribution in [0.1, 0.15) is 32.1 Å². The zero-order chi connectivity index (χ0) is 8.11. The van der Waals surface area contributed by atoms with Crippen LogP contribution in [-0.2, 0) is 4.79 Å². The van der Waals surface area contributed by atoms with E-state index in [1.54, 1.807) is 0 Å². The quantitative estimate of drug-likeness (QED) is 0.589. The van der Waals surface area contributed by atoms with E-state index in [0.29, 0.717) is 12.8 Å². The third kappa shape index (κ3) is 0.805. The van der Waals surface area contributed by atoms with E-state index in [4.69, 9.17) is 5.11 Å². The van der Waals surface area contributed by atoms with Crippen molar-refractivity contribution in [3.63, 3.8) is 0 Å². The van der Waals surface area contributed by atoms with Crippen LogP contribution in [0.5, 0.6) is 0 Å². The maximum absolute atomic E-state index is 10.7. The Kier molecular flexibility index (Phi) is 1.15. The number of fused-ring (bicyclic) bond motifs is 2. The number of carboxylic acid groups (broad SMARTS) is 1. The number of hydrogen-bond acceptors (Lipinski definition) is 2. The molecule has 3 nitrogen and oxygen atoms in total. The summed E-state index contributed by atoms with van der Waals surface area (Å²) >= 11 is 0. The number of hydrogen-bond donors (Lipinski definition) is 2. The van der Waals surface area contributed by atoms with Gasteiger partial charge in [0.15, 0.2) is 0 Å². The van der Waals surface area contributed by atoms with E-state index in [1.807, 2.05) is 0 Å².